The SMILES string of the molecule is CCN(Cc1c[nH]c2ccccc12)CC1CCCC(C)C1(OC)c1ccnc(C(N)=O)c1. The maximum Gasteiger partial charge on any atom is 0.267 e. The fourth-order valence-corrected chi connectivity index (χ4v) is 5.66. The predicted molar refractivity (Wildman–Crippen MR) is 127 cm³/mol. The Hall–Kier alpha value is -2.70. The molecule has 2 heterocycles. The molecule has 4 rings (SSSR count). The number of primary amides is 1. The molecule has 0 spiro atoms. The minimum Gasteiger partial charge on any atom is -0.373 e. The van der Waals surface area contributed by atoms with E-state index in [9.17, 15) is 4.79 Å². The molecule has 1 aliphatic carbocycles. The van der Waals surface area contributed by atoms with Crippen LogP contribution in [0.3, 0.4) is 0 Å². The van der Waals surface area contributed by atoms with Gasteiger partial charge in [-0.1, -0.05) is 38.5 Å². The third kappa shape index (κ3) is 4.05. The van der Waals surface area contributed by atoms with Crippen LogP contribution in [0.5, 0.6) is 0 Å². The van der Waals surface area contributed by atoms with Crippen LogP contribution in [0.2, 0.25) is 0 Å². The van der Waals surface area contributed by atoms with Crippen LogP contribution in [-0.2, 0) is 16.9 Å². The summed E-state index contributed by atoms with van der Waals surface area (Å²) >= 11 is 0. The molecule has 1 saturated carbocycles. The number of carbonyl (C=O) groups is 1. The van der Waals surface area contributed by atoms with Gasteiger partial charge in [-0.2, -0.15) is 0 Å². The van der Waals surface area contributed by atoms with Gasteiger partial charge in [0.25, 0.3) is 5.91 Å². The Bertz CT molecular complexity index is 1080. The molecule has 3 atom stereocenters. The molecular weight excluding hydrogens is 400 g/mol. The summed E-state index contributed by atoms with van der Waals surface area (Å²) in [6, 6.07) is 12.3. The van der Waals surface area contributed by atoms with Crippen molar-refractivity contribution >= 4 is 16.8 Å². The van der Waals surface area contributed by atoms with E-state index in [0.717, 1.165) is 38.0 Å². The second-order valence-electron chi connectivity index (χ2n) is 9.01. The highest BCUT2D eigenvalue weighted by atomic mass is 16.5. The molecule has 2 aromatic heterocycles. The number of nitrogens with zero attached hydrogens (tertiary/aromatic N) is 2. The van der Waals surface area contributed by atoms with Gasteiger partial charge in [0, 0.05) is 49.4 Å². The standard InChI is InChI=1S/C26H34N4O2/c1-4-30(16-19-15-29-23-11-6-5-10-22(19)23)17-21-9-7-8-18(2)26(21,32-3)20-12-13-28-24(14-20)25(27)31/h5-6,10-15,18,21,29H,4,7-9,16-17H2,1-3H3,(H2,27,31). The highest BCUT2D eigenvalue weighted by Crippen LogP contribution is 2.48. The second-order valence-corrected chi connectivity index (χ2v) is 9.01. The largest absolute Gasteiger partial charge is 0.373 e. The number of H-pyrrole nitrogens is 1. The third-order valence-electron chi connectivity index (χ3n) is 7.32. The molecule has 3 N–H and O–H groups in total. The number of benzene rings is 1. The number of methoxy groups -OCH3 is 1. The number of aromatic amines is 1. The van der Waals surface area contributed by atoms with Crippen LogP contribution in [0.4, 0.5) is 0 Å². The lowest BCUT2D eigenvalue weighted by Crippen LogP contribution is -2.50. The van der Waals surface area contributed by atoms with Gasteiger partial charge in [-0.3, -0.25) is 14.7 Å². The molecule has 6 heteroatoms. The average Bonchev–Trinajstić information content (AvgIpc) is 3.22. The second kappa shape index (κ2) is 9.43. The Morgan fingerprint density at radius 3 is 2.88 bits per heavy atom. The van der Waals surface area contributed by atoms with E-state index in [0.29, 0.717) is 17.5 Å². The number of nitrogens with two attached hydrogens (primary N) is 1. The van der Waals surface area contributed by atoms with E-state index in [1.807, 2.05) is 12.1 Å². The molecule has 1 amide bonds. The molecule has 32 heavy (non-hydrogen) atoms. The lowest BCUT2D eigenvalue weighted by Gasteiger charge is -2.49. The van der Waals surface area contributed by atoms with Gasteiger partial charge in [0.1, 0.15) is 5.69 Å². The van der Waals surface area contributed by atoms with Gasteiger partial charge in [-0.05, 0) is 54.6 Å². The molecule has 0 bridgehead atoms. The molecule has 3 aromatic rings. The minimum absolute atomic E-state index is 0.293. The Morgan fingerprint density at radius 2 is 2.12 bits per heavy atom. The van der Waals surface area contributed by atoms with Gasteiger partial charge in [0.15, 0.2) is 0 Å². The van der Waals surface area contributed by atoms with E-state index in [-0.39, 0.29) is 0 Å². The van der Waals surface area contributed by atoms with Gasteiger partial charge in [0.05, 0.1) is 5.60 Å². The predicted octanol–water partition coefficient (Wildman–Crippen LogP) is 4.46. The van der Waals surface area contributed by atoms with E-state index >= 15 is 0 Å². The van der Waals surface area contributed by atoms with Crippen molar-refractivity contribution in [1.82, 2.24) is 14.9 Å². The molecular formula is C26H34N4O2. The van der Waals surface area contributed by atoms with Crippen molar-refractivity contribution in [2.75, 3.05) is 20.2 Å². The fourth-order valence-electron chi connectivity index (χ4n) is 5.66. The van der Waals surface area contributed by atoms with Crippen LogP contribution >= 0.6 is 0 Å². The molecule has 170 valence electrons. The van der Waals surface area contributed by atoms with E-state index in [2.05, 4.69) is 59.2 Å². The van der Waals surface area contributed by atoms with E-state index < -0.39 is 11.5 Å². The van der Waals surface area contributed by atoms with Crippen molar-refractivity contribution in [3.8, 4) is 0 Å². The van der Waals surface area contributed by atoms with Crippen LogP contribution in [0.25, 0.3) is 10.9 Å². The number of carbonyl (C=O) groups excluding carboxylic acids is 1. The molecule has 0 radical (unpaired) electrons. The van der Waals surface area contributed by atoms with Crippen LogP contribution in [-0.4, -0.2) is 41.0 Å². The van der Waals surface area contributed by atoms with Crippen molar-refractivity contribution in [3.05, 3.63) is 65.6 Å². The summed E-state index contributed by atoms with van der Waals surface area (Å²) in [6.07, 6.45) is 7.15. The number of rotatable bonds is 8. The maximum absolute atomic E-state index is 11.8. The van der Waals surface area contributed by atoms with Gasteiger partial charge in [0.2, 0.25) is 0 Å². The first-order valence-corrected chi connectivity index (χ1v) is 11.6. The van der Waals surface area contributed by atoms with E-state index in [1.54, 1.807) is 13.3 Å². The Morgan fingerprint density at radius 1 is 1.31 bits per heavy atom. The number of hydrogen-bond donors (Lipinski definition) is 2. The Labute approximate surface area is 190 Å². The third-order valence-corrected chi connectivity index (χ3v) is 7.32. The van der Waals surface area contributed by atoms with E-state index in [4.69, 9.17) is 10.5 Å². The van der Waals surface area contributed by atoms with Crippen LogP contribution < -0.4 is 5.73 Å². The summed E-state index contributed by atoms with van der Waals surface area (Å²) in [5.74, 6) is 0.110. The van der Waals surface area contributed by atoms with Gasteiger partial charge in [-0.25, -0.2) is 0 Å². The van der Waals surface area contributed by atoms with Crippen molar-refractivity contribution < 1.29 is 9.53 Å². The number of hydrogen-bond acceptors (Lipinski definition) is 4. The summed E-state index contributed by atoms with van der Waals surface area (Å²) < 4.78 is 6.36. The quantitative estimate of drug-likeness (QED) is 0.548. The first-order chi connectivity index (χ1) is 15.5. The van der Waals surface area contributed by atoms with Crippen molar-refractivity contribution in [3.63, 3.8) is 0 Å². The van der Waals surface area contributed by atoms with Crippen molar-refractivity contribution in [1.29, 1.82) is 0 Å². The zero-order valence-electron chi connectivity index (χ0n) is 19.3. The van der Waals surface area contributed by atoms with E-state index in [1.165, 1.54) is 22.9 Å². The minimum atomic E-state index is -0.507. The first-order valence-electron chi connectivity index (χ1n) is 11.6. The number of amides is 1. The molecule has 3 unspecified atom stereocenters. The molecule has 0 saturated heterocycles. The summed E-state index contributed by atoms with van der Waals surface area (Å²) in [5, 5.41) is 1.28. The van der Waals surface area contributed by atoms with Crippen LogP contribution in [0.15, 0.2) is 48.8 Å². The highest BCUT2D eigenvalue weighted by molar-refractivity contribution is 5.90. The topological polar surface area (TPSA) is 84.2 Å². The molecule has 1 aromatic carbocycles. The fraction of sp³-hybridized carbons (Fsp3) is 0.462. The van der Waals surface area contributed by atoms with Gasteiger partial charge in [-0.15, -0.1) is 0 Å². The first kappa shape index (κ1) is 22.5. The van der Waals surface area contributed by atoms with Crippen LogP contribution in [0, 0.1) is 11.8 Å². The van der Waals surface area contributed by atoms with Crippen LogP contribution in [0.1, 0.15) is 54.7 Å². The normalized spacial score (nSPS) is 23.6. The summed E-state index contributed by atoms with van der Waals surface area (Å²) in [5.41, 5.74) is 8.85. The number of aromatic nitrogens is 2. The Kier molecular flexibility index (Phi) is 6.63. The number of fused-ring (bicyclic) bond motifs is 1. The molecule has 0 aliphatic heterocycles. The smallest absolute Gasteiger partial charge is 0.267 e. The highest BCUT2D eigenvalue weighted by Gasteiger charge is 2.48. The van der Waals surface area contributed by atoms with Crippen molar-refractivity contribution in [2.45, 2.75) is 45.3 Å². The Balaban J connectivity index is 1.65. The zero-order valence-corrected chi connectivity index (χ0v) is 19.3. The monoisotopic (exact) mass is 434 g/mol. The lowest BCUT2D eigenvalue weighted by atomic mass is 9.65. The number of para-hydroxylation sites is 1. The summed E-state index contributed by atoms with van der Waals surface area (Å²) in [4.78, 5) is 21.9. The summed E-state index contributed by atoms with van der Waals surface area (Å²) in [6.45, 7) is 7.23. The summed E-state index contributed by atoms with van der Waals surface area (Å²) in [7, 11) is 1.80. The lowest BCUT2D eigenvalue weighted by molar-refractivity contribution is -0.133. The molecule has 6 nitrogen and oxygen atoms in total. The molecule has 1 aliphatic rings. The van der Waals surface area contributed by atoms with Gasteiger partial charge < -0.3 is 15.5 Å². The van der Waals surface area contributed by atoms with Crippen molar-refractivity contribution in [2.24, 2.45) is 17.6 Å². The van der Waals surface area contributed by atoms with Gasteiger partial charge >= 0.3 is 0 Å². The zero-order chi connectivity index (χ0) is 22.7. The average molecular weight is 435 g/mol. The molecule has 1 fully saturated rings. The number of ether oxygens (including phenoxy) is 1. The number of nitrogens with one attached hydrogen (secondary N) is 1. The number of pyridine rings is 1. The maximum atomic E-state index is 11.8.